The van der Waals surface area contributed by atoms with Crippen LogP contribution in [0.2, 0.25) is 10.0 Å². The Bertz CT molecular complexity index is 882. The molecular formula is C23H27Cl2NO3. The van der Waals surface area contributed by atoms with Gasteiger partial charge in [-0.1, -0.05) is 29.3 Å². The van der Waals surface area contributed by atoms with Crippen LogP contribution in [0, 0.1) is 13.8 Å². The van der Waals surface area contributed by atoms with E-state index in [1.165, 1.54) is 0 Å². The number of ether oxygens (including phenoxy) is 2. The van der Waals surface area contributed by atoms with Crippen molar-refractivity contribution < 1.29 is 14.3 Å². The molecular weight excluding hydrogens is 409 g/mol. The van der Waals surface area contributed by atoms with E-state index in [1.54, 1.807) is 12.1 Å². The molecule has 0 atom stereocenters. The van der Waals surface area contributed by atoms with E-state index in [0.29, 0.717) is 36.1 Å². The Labute approximate surface area is 182 Å². The van der Waals surface area contributed by atoms with Crippen LogP contribution in [-0.2, 0) is 14.9 Å². The van der Waals surface area contributed by atoms with Crippen molar-refractivity contribution in [3.63, 3.8) is 0 Å². The summed E-state index contributed by atoms with van der Waals surface area (Å²) in [6, 6.07) is 9.21. The normalized spacial score (nSPS) is 16.0. The maximum atomic E-state index is 13.5. The summed E-state index contributed by atoms with van der Waals surface area (Å²) < 4.78 is 11.4. The van der Waals surface area contributed by atoms with E-state index in [2.05, 4.69) is 5.32 Å². The lowest BCUT2D eigenvalue weighted by Crippen LogP contribution is -2.45. The van der Waals surface area contributed by atoms with Crippen molar-refractivity contribution in [2.45, 2.75) is 52.1 Å². The number of halogens is 2. The van der Waals surface area contributed by atoms with Gasteiger partial charge in [-0.25, -0.2) is 0 Å². The molecule has 1 saturated heterocycles. The largest absolute Gasteiger partial charge is 0.490 e. The number of hydrogen-bond donors (Lipinski definition) is 1. The number of amides is 1. The average molecular weight is 436 g/mol. The Morgan fingerprint density at radius 3 is 2.28 bits per heavy atom. The van der Waals surface area contributed by atoms with Crippen LogP contribution in [0.4, 0.5) is 5.69 Å². The quantitative estimate of drug-likeness (QED) is 0.618. The number of nitrogens with one attached hydrogen (secondary N) is 1. The number of carbonyl (C=O) groups is 1. The zero-order valence-electron chi connectivity index (χ0n) is 17.3. The maximum Gasteiger partial charge on any atom is 0.235 e. The summed E-state index contributed by atoms with van der Waals surface area (Å²) in [5, 5.41) is 4.17. The first-order valence-electron chi connectivity index (χ1n) is 9.85. The van der Waals surface area contributed by atoms with Gasteiger partial charge < -0.3 is 14.8 Å². The highest BCUT2D eigenvalue weighted by Crippen LogP contribution is 2.41. The molecule has 0 spiro atoms. The fraction of sp³-hybridized carbons (Fsp3) is 0.435. The third-order valence-corrected chi connectivity index (χ3v) is 5.85. The van der Waals surface area contributed by atoms with Crippen LogP contribution in [0.25, 0.3) is 0 Å². The predicted molar refractivity (Wildman–Crippen MR) is 119 cm³/mol. The third-order valence-electron chi connectivity index (χ3n) is 5.30. The van der Waals surface area contributed by atoms with Gasteiger partial charge in [-0.2, -0.15) is 0 Å². The van der Waals surface area contributed by atoms with E-state index in [4.69, 9.17) is 32.7 Å². The summed E-state index contributed by atoms with van der Waals surface area (Å²) in [7, 11) is 0. The average Bonchev–Trinajstić information content (AvgIpc) is 2.65. The number of aryl methyl sites for hydroxylation is 2. The first-order valence-corrected chi connectivity index (χ1v) is 10.6. The summed E-state index contributed by atoms with van der Waals surface area (Å²) >= 11 is 12.6. The van der Waals surface area contributed by atoms with Crippen molar-refractivity contribution in [3.8, 4) is 5.75 Å². The van der Waals surface area contributed by atoms with E-state index in [0.717, 1.165) is 28.1 Å². The molecule has 0 saturated carbocycles. The highest BCUT2D eigenvalue weighted by atomic mass is 35.5. The minimum Gasteiger partial charge on any atom is -0.490 e. The fourth-order valence-electron chi connectivity index (χ4n) is 3.91. The SMILES string of the molecule is Cc1cc(NC(=O)C2(c3ccc(Cl)cc3Cl)CCOCC2)cc(C)c1OC(C)C. The van der Waals surface area contributed by atoms with Gasteiger partial charge in [0.1, 0.15) is 5.75 Å². The summed E-state index contributed by atoms with van der Waals surface area (Å²) in [5.74, 6) is 0.779. The molecule has 1 amide bonds. The minimum atomic E-state index is -0.755. The molecule has 0 aliphatic carbocycles. The Morgan fingerprint density at radius 2 is 1.72 bits per heavy atom. The van der Waals surface area contributed by atoms with Gasteiger partial charge in [-0.3, -0.25) is 4.79 Å². The predicted octanol–water partition coefficient (Wildman–Crippen LogP) is 6.08. The maximum absolute atomic E-state index is 13.5. The Kier molecular flexibility index (Phi) is 6.77. The number of anilines is 1. The van der Waals surface area contributed by atoms with E-state index in [-0.39, 0.29) is 12.0 Å². The molecule has 3 rings (SSSR count). The van der Waals surface area contributed by atoms with E-state index in [9.17, 15) is 4.79 Å². The van der Waals surface area contributed by atoms with Crippen molar-refractivity contribution >= 4 is 34.8 Å². The van der Waals surface area contributed by atoms with E-state index >= 15 is 0 Å². The van der Waals surface area contributed by atoms with Crippen molar-refractivity contribution in [3.05, 3.63) is 57.1 Å². The molecule has 6 heteroatoms. The van der Waals surface area contributed by atoms with Gasteiger partial charge in [0.25, 0.3) is 0 Å². The summed E-state index contributed by atoms with van der Waals surface area (Å²) in [4.78, 5) is 13.5. The second kappa shape index (κ2) is 8.95. The molecule has 1 N–H and O–H groups in total. The Morgan fingerprint density at radius 1 is 1.10 bits per heavy atom. The van der Waals surface area contributed by atoms with Gasteiger partial charge in [0.2, 0.25) is 5.91 Å². The monoisotopic (exact) mass is 435 g/mol. The van der Waals surface area contributed by atoms with Crippen LogP contribution in [0.1, 0.15) is 43.4 Å². The molecule has 4 nitrogen and oxygen atoms in total. The summed E-state index contributed by atoms with van der Waals surface area (Å²) in [5.41, 5.74) is 2.75. The lowest BCUT2D eigenvalue weighted by atomic mass is 9.73. The van der Waals surface area contributed by atoms with Crippen LogP contribution < -0.4 is 10.1 Å². The van der Waals surface area contributed by atoms with Crippen LogP contribution >= 0.6 is 23.2 Å². The molecule has 0 aromatic heterocycles. The first-order chi connectivity index (χ1) is 13.7. The van der Waals surface area contributed by atoms with Gasteiger partial charge >= 0.3 is 0 Å². The number of rotatable bonds is 5. The molecule has 0 radical (unpaired) electrons. The molecule has 156 valence electrons. The molecule has 0 bridgehead atoms. The molecule has 1 heterocycles. The van der Waals surface area contributed by atoms with Crippen LogP contribution in [0.3, 0.4) is 0 Å². The van der Waals surface area contributed by atoms with Crippen LogP contribution in [-0.4, -0.2) is 25.2 Å². The van der Waals surface area contributed by atoms with Crippen LogP contribution in [0.5, 0.6) is 5.75 Å². The van der Waals surface area contributed by atoms with E-state index < -0.39 is 5.41 Å². The molecule has 2 aromatic carbocycles. The topological polar surface area (TPSA) is 47.6 Å². The second-order valence-corrected chi connectivity index (χ2v) is 8.72. The smallest absolute Gasteiger partial charge is 0.235 e. The van der Waals surface area contributed by atoms with Gasteiger partial charge in [-0.05, 0) is 81.5 Å². The van der Waals surface area contributed by atoms with Crippen molar-refractivity contribution in [2.24, 2.45) is 0 Å². The fourth-order valence-corrected chi connectivity index (χ4v) is 4.50. The first kappa shape index (κ1) is 21.9. The van der Waals surface area contributed by atoms with E-state index in [1.807, 2.05) is 45.9 Å². The number of carbonyl (C=O) groups excluding carboxylic acids is 1. The molecule has 1 aliphatic heterocycles. The highest BCUT2D eigenvalue weighted by molar-refractivity contribution is 6.35. The highest BCUT2D eigenvalue weighted by Gasteiger charge is 2.43. The van der Waals surface area contributed by atoms with Gasteiger partial charge in [0.05, 0.1) is 11.5 Å². The molecule has 2 aromatic rings. The second-order valence-electron chi connectivity index (χ2n) is 7.88. The lowest BCUT2D eigenvalue weighted by Gasteiger charge is -2.37. The summed E-state index contributed by atoms with van der Waals surface area (Å²) in [6.07, 6.45) is 1.21. The minimum absolute atomic E-state index is 0.0821. The van der Waals surface area contributed by atoms with Gasteiger partial charge in [0, 0.05) is 28.9 Å². The molecule has 29 heavy (non-hydrogen) atoms. The Balaban J connectivity index is 1.94. The zero-order chi connectivity index (χ0) is 21.2. The van der Waals surface area contributed by atoms with Gasteiger partial charge in [0.15, 0.2) is 0 Å². The van der Waals surface area contributed by atoms with Gasteiger partial charge in [-0.15, -0.1) is 0 Å². The zero-order valence-corrected chi connectivity index (χ0v) is 18.8. The van der Waals surface area contributed by atoms with Crippen molar-refractivity contribution in [2.75, 3.05) is 18.5 Å². The van der Waals surface area contributed by atoms with Crippen molar-refractivity contribution in [1.29, 1.82) is 0 Å². The molecule has 1 aliphatic rings. The van der Waals surface area contributed by atoms with Crippen LogP contribution in [0.15, 0.2) is 30.3 Å². The third kappa shape index (κ3) is 4.71. The molecule has 0 unspecified atom stereocenters. The summed E-state index contributed by atoms with van der Waals surface area (Å²) in [6.45, 7) is 8.98. The molecule has 1 fully saturated rings. The lowest BCUT2D eigenvalue weighted by molar-refractivity contribution is -0.125. The standard InChI is InChI=1S/C23H27Cl2NO3/c1-14(2)29-21-15(3)11-18(12-16(21)4)26-22(27)23(7-9-28-10-8-23)19-6-5-17(24)13-20(19)25/h5-6,11-14H,7-10H2,1-4H3,(H,26,27). The van der Waals surface area contributed by atoms with Crippen molar-refractivity contribution in [1.82, 2.24) is 0 Å². The Hall–Kier alpha value is -1.75. The number of hydrogen-bond acceptors (Lipinski definition) is 3. The number of benzene rings is 2.